The Morgan fingerprint density at radius 2 is 0.522 bits per heavy atom. The van der Waals surface area contributed by atoms with Crippen molar-refractivity contribution in [3.63, 3.8) is 0 Å². The van der Waals surface area contributed by atoms with E-state index in [1.807, 2.05) is 127 Å². The zero-order chi connectivity index (χ0) is 45.7. The molecule has 0 aliphatic heterocycles. The number of pyridine rings is 3. The van der Waals surface area contributed by atoms with Gasteiger partial charge in [0.1, 0.15) is 17.5 Å². The highest BCUT2D eigenvalue weighted by Crippen LogP contribution is 2.36. The van der Waals surface area contributed by atoms with Gasteiger partial charge in [-0.15, -0.1) is 0 Å². The molecule has 0 aliphatic rings. The molecule has 13 rings (SSSR count). The lowest BCUT2D eigenvalue weighted by atomic mass is 10.1. The van der Waals surface area contributed by atoms with E-state index in [-0.39, 0.29) is 0 Å². The summed E-state index contributed by atoms with van der Waals surface area (Å²) < 4.78 is 6.49. The molecule has 69 heavy (non-hydrogen) atoms. The summed E-state index contributed by atoms with van der Waals surface area (Å²) in [5, 5.41) is 0. The number of hydrogen-bond acceptors (Lipinski definition) is 9. The zero-order valence-electron chi connectivity index (χ0n) is 36.7. The van der Waals surface area contributed by atoms with Gasteiger partial charge in [0.15, 0.2) is 17.5 Å². The van der Waals surface area contributed by atoms with Crippen LogP contribution in [-0.2, 0) is 0 Å². The Hall–Kier alpha value is -9.81. The van der Waals surface area contributed by atoms with Gasteiger partial charge in [0.05, 0.1) is 50.2 Å². The van der Waals surface area contributed by atoms with Crippen LogP contribution in [0.4, 0.5) is 0 Å². The first kappa shape index (κ1) is 39.5. The van der Waals surface area contributed by atoms with Gasteiger partial charge in [-0.25, -0.2) is 29.9 Å². The number of fused-ring (bicyclic) bond motifs is 3. The quantitative estimate of drug-likeness (QED) is 0.139. The van der Waals surface area contributed by atoms with Gasteiger partial charge in [0.2, 0.25) is 0 Å². The zero-order valence-corrected chi connectivity index (χ0v) is 36.7. The summed E-state index contributed by atoms with van der Waals surface area (Å²) >= 11 is 0. The molecule has 0 saturated heterocycles. The molecule has 0 saturated carbocycles. The van der Waals surface area contributed by atoms with Crippen LogP contribution in [0.25, 0.3) is 118 Å². The lowest BCUT2D eigenvalue weighted by Gasteiger charge is -2.13. The topological polar surface area (TPSA) is 131 Å². The number of nitrogens with zero attached hydrogens (tertiary/aromatic N) is 12. The normalized spacial score (nSPS) is 11.5. The Balaban J connectivity index is 0.991. The van der Waals surface area contributed by atoms with Crippen molar-refractivity contribution in [3.05, 3.63) is 219 Å². The van der Waals surface area contributed by atoms with Crippen LogP contribution in [0.3, 0.4) is 0 Å². The maximum absolute atomic E-state index is 5.26. The Bertz CT molecular complexity index is 3600. The molecule has 7 heterocycles. The second-order valence-electron chi connectivity index (χ2n) is 16.4. The van der Waals surface area contributed by atoms with Crippen LogP contribution >= 0.6 is 0 Å². The molecule has 6 aromatic carbocycles. The molecular formula is C57H36N12. The molecule has 0 fully saturated rings. The van der Waals surface area contributed by atoms with Crippen molar-refractivity contribution in [1.82, 2.24) is 58.6 Å². The molecule has 13 aromatic rings. The number of imidazole rings is 3. The van der Waals surface area contributed by atoms with E-state index in [0.29, 0.717) is 17.5 Å². The Morgan fingerprint density at radius 3 is 0.826 bits per heavy atom. The first-order valence-corrected chi connectivity index (χ1v) is 22.4. The van der Waals surface area contributed by atoms with E-state index in [2.05, 4.69) is 83.3 Å². The monoisotopic (exact) mass is 888 g/mol. The van der Waals surface area contributed by atoms with Gasteiger partial charge in [-0.05, 0) is 91.0 Å². The predicted octanol–water partition coefficient (Wildman–Crippen LogP) is 12.1. The van der Waals surface area contributed by atoms with Gasteiger partial charge in [0.25, 0.3) is 0 Å². The molecule has 12 heteroatoms. The average molecular weight is 889 g/mol. The minimum absolute atomic E-state index is 0.507. The Morgan fingerprint density at radius 1 is 0.246 bits per heavy atom. The second kappa shape index (κ2) is 16.6. The van der Waals surface area contributed by atoms with Gasteiger partial charge >= 0.3 is 0 Å². The molecule has 7 aromatic heterocycles. The molecule has 12 nitrogen and oxygen atoms in total. The molecule has 0 spiro atoms. The minimum Gasteiger partial charge on any atom is -0.292 e. The number of benzene rings is 6. The average Bonchev–Trinajstić information content (AvgIpc) is 4.14. The van der Waals surface area contributed by atoms with Crippen molar-refractivity contribution in [2.24, 2.45) is 0 Å². The van der Waals surface area contributed by atoms with Crippen LogP contribution in [0.2, 0.25) is 0 Å². The van der Waals surface area contributed by atoms with Crippen LogP contribution in [0.5, 0.6) is 0 Å². The molecule has 0 atom stereocenters. The van der Waals surface area contributed by atoms with E-state index in [1.54, 1.807) is 37.2 Å². The summed E-state index contributed by atoms with van der Waals surface area (Å²) in [5.41, 5.74) is 13.6. The van der Waals surface area contributed by atoms with Gasteiger partial charge in [-0.2, -0.15) is 0 Å². The predicted molar refractivity (Wildman–Crippen MR) is 270 cm³/mol. The van der Waals surface area contributed by atoms with E-state index in [1.165, 1.54) is 0 Å². The third-order valence-electron chi connectivity index (χ3n) is 12.2. The number of rotatable bonds is 9. The smallest absolute Gasteiger partial charge is 0.164 e. The fourth-order valence-corrected chi connectivity index (χ4v) is 9.08. The largest absolute Gasteiger partial charge is 0.292 e. The molecular weight excluding hydrogens is 853 g/mol. The first-order chi connectivity index (χ1) is 34.2. The van der Waals surface area contributed by atoms with Crippen molar-refractivity contribution in [3.8, 4) is 85.4 Å². The van der Waals surface area contributed by atoms with E-state index < -0.39 is 0 Å². The SMILES string of the molecule is c1cc(-c2nc(-c3cccc(-c4nc5ccccc5n4-c4ccncc4)c3)nc(-c3cccc(-c4nc5ccccc5n4-c4ccncc4)c3)n2)cc(-c2nc3ccccc3n2-c2ccncc2)c1. The molecule has 0 aliphatic carbocycles. The van der Waals surface area contributed by atoms with Gasteiger partial charge in [-0.1, -0.05) is 91.0 Å². The van der Waals surface area contributed by atoms with Crippen molar-refractivity contribution < 1.29 is 0 Å². The summed E-state index contributed by atoms with van der Waals surface area (Å²) in [5.74, 6) is 3.88. The van der Waals surface area contributed by atoms with E-state index in [4.69, 9.17) is 29.9 Å². The van der Waals surface area contributed by atoms with Crippen molar-refractivity contribution >= 4 is 33.1 Å². The van der Waals surface area contributed by atoms with E-state index in [9.17, 15) is 0 Å². The molecule has 0 amide bonds. The van der Waals surface area contributed by atoms with Gasteiger partial charge in [0, 0.05) is 70.6 Å². The third-order valence-corrected chi connectivity index (χ3v) is 12.2. The van der Waals surface area contributed by atoms with Crippen molar-refractivity contribution in [2.45, 2.75) is 0 Å². The van der Waals surface area contributed by atoms with Crippen molar-refractivity contribution in [2.75, 3.05) is 0 Å². The standard InChI is InChI=1S/C57H36N12/c1-4-19-49-46(16-1)61-55(67(49)43-22-28-58-29-23-43)40-13-7-10-37(34-40)52-64-53(38-11-8-14-41(35-38)56-62-47-17-2-5-20-50(47)68(56)44-24-30-59-31-25-44)66-54(65-52)39-12-9-15-42(36-39)57-63-48-18-3-6-21-51(48)69(57)45-26-32-60-33-27-45/h1-36H. The highest BCUT2D eigenvalue weighted by molar-refractivity contribution is 5.87. The molecule has 0 unspecified atom stereocenters. The number of aromatic nitrogens is 12. The number of hydrogen-bond donors (Lipinski definition) is 0. The Labute approximate surface area is 394 Å². The summed E-state index contributed by atoms with van der Waals surface area (Å²) in [6, 6.07) is 61.1. The Kier molecular flexibility index (Phi) is 9.49. The highest BCUT2D eigenvalue weighted by atomic mass is 15.1. The highest BCUT2D eigenvalue weighted by Gasteiger charge is 2.21. The van der Waals surface area contributed by atoms with Gasteiger partial charge in [-0.3, -0.25) is 28.7 Å². The van der Waals surface area contributed by atoms with Crippen LogP contribution in [0.15, 0.2) is 219 Å². The summed E-state index contributed by atoms with van der Waals surface area (Å²) in [6.07, 6.45) is 10.8. The van der Waals surface area contributed by atoms with E-state index in [0.717, 1.165) is 101 Å². The number of para-hydroxylation sites is 6. The molecule has 0 bridgehead atoms. The van der Waals surface area contributed by atoms with Crippen LogP contribution < -0.4 is 0 Å². The summed E-state index contributed by atoms with van der Waals surface area (Å²) in [6.45, 7) is 0. The second-order valence-corrected chi connectivity index (χ2v) is 16.4. The lowest BCUT2D eigenvalue weighted by Crippen LogP contribution is -2.02. The van der Waals surface area contributed by atoms with Crippen LogP contribution in [-0.4, -0.2) is 58.6 Å². The minimum atomic E-state index is 0.507. The third kappa shape index (κ3) is 7.07. The lowest BCUT2D eigenvalue weighted by molar-refractivity contribution is 1.07. The van der Waals surface area contributed by atoms with E-state index >= 15 is 0 Å². The molecule has 0 N–H and O–H groups in total. The van der Waals surface area contributed by atoms with Crippen LogP contribution in [0, 0.1) is 0 Å². The summed E-state index contributed by atoms with van der Waals surface area (Å²) in [4.78, 5) is 44.1. The summed E-state index contributed by atoms with van der Waals surface area (Å²) in [7, 11) is 0. The van der Waals surface area contributed by atoms with Crippen LogP contribution in [0.1, 0.15) is 0 Å². The fraction of sp³-hybridized carbons (Fsp3) is 0. The van der Waals surface area contributed by atoms with Gasteiger partial charge < -0.3 is 0 Å². The maximum Gasteiger partial charge on any atom is 0.164 e. The first-order valence-electron chi connectivity index (χ1n) is 22.4. The maximum atomic E-state index is 5.26. The van der Waals surface area contributed by atoms with Crippen molar-refractivity contribution in [1.29, 1.82) is 0 Å². The fourth-order valence-electron chi connectivity index (χ4n) is 9.08. The molecule has 0 radical (unpaired) electrons. The molecule has 324 valence electrons.